The van der Waals surface area contributed by atoms with Crippen LogP contribution in [0.4, 0.5) is 13.6 Å². The number of amides is 1. The van der Waals surface area contributed by atoms with Crippen LogP contribution in [0.2, 0.25) is 0 Å². The molecule has 0 aliphatic rings. The minimum Gasteiger partial charge on any atom is -0.465 e. The van der Waals surface area contributed by atoms with Crippen LogP contribution in [0, 0.1) is 17.2 Å². The van der Waals surface area contributed by atoms with Gasteiger partial charge >= 0.3 is 6.09 Å². The van der Waals surface area contributed by atoms with Gasteiger partial charge in [-0.1, -0.05) is 20.8 Å². The van der Waals surface area contributed by atoms with E-state index in [1.165, 1.54) is 30.1 Å². The van der Waals surface area contributed by atoms with Gasteiger partial charge in [-0.25, -0.2) is 26.6 Å². The van der Waals surface area contributed by atoms with Crippen LogP contribution < -0.4 is 0 Å². The summed E-state index contributed by atoms with van der Waals surface area (Å²) in [5.41, 5.74) is -1.60. The highest BCUT2D eigenvalue weighted by atomic mass is 32.2. The first-order chi connectivity index (χ1) is 14.8. The van der Waals surface area contributed by atoms with Crippen molar-refractivity contribution in [3.63, 3.8) is 0 Å². The molecule has 3 aromatic heterocycles. The van der Waals surface area contributed by atoms with Crippen molar-refractivity contribution >= 4 is 16.1 Å². The van der Waals surface area contributed by atoms with Gasteiger partial charge in [0.05, 0.1) is 18.3 Å². The molecule has 172 valence electrons. The van der Waals surface area contributed by atoms with Crippen molar-refractivity contribution < 1.29 is 27.1 Å². The summed E-state index contributed by atoms with van der Waals surface area (Å²) in [5, 5.41) is 13.4. The van der Waals surface area contributed by atoms with Gasteiger partial charge in [-0.3, -0.25) is 4.68 Å². The standard InChI is InChI=1S/C20H23F2N5O4S/c1-20(2,3)12-26(19(28)29)9-13-10-27(32(30,31)14-8-24-25(4)11-14)17(16(13)21)15-6-5-7-23-18(15)22/h5-8,10-11H,9,12H2,1-4H3,(H,28,29). The van der Waals surface area contributed by atoms with E-state index >= 15 is 4.39 Å². The maximum Gasteiger partial charge on any atom is 0.407 e. The Morgan fingerprint density at radius 1 is 1.25 bits per heavy atom. The number of rotatable bonds is 6. The molecular formula is C20H23F2N5O4S. The summed E-state index contributed by atoms with van der Waals surface area (Å²) in [4.78, 5) is 15.9. The highest BCUT2D eigenvalue weighted by molar-refractivity contribution is 7.90. The van der Waals surface area contributed by atoms with E-state index in [1.807, 2.05) is 20.8 Å². The van der Waals surface area contributed by atoms with E-state index in [1.54, 1.807) is 0 Å². The van der Waals surface area contributed by atoms with Crippen molar-refractivity contribution in [2.75, 3.05) is 6.54 Å². The molecule has 1 N–H and O–H groups in total. The van der Waals surface area contributed by atoms with Crippen molar-refractivity contribution in [3.8, 4) is 11.3 Å². The number of hydrogen-bond acceptors (Lipinski definition) is 5. The molecule has 0 saturated carbocycles. The molecule has 0 radical (unpaired) electrons. The third-order valence-electron chi connectivity index (χ3n) is 4.53. The SMILES string of the molecule is Cn1cc(S(=O)(=O)n2cc(CN(CC(C)(C)C)C(=O)O)c(F)c2-c2cccnc2F)cn1. The molecule has 9 nitrogen and oxygen atoms in total. The maximum absolute atomic E-state index is 15.5. The predicted molar refractivity (Wildman–Crippen MR) is 111 cm³/mol. The topological polar surface area (TPSA) is 110 Å². The molecule has 0 spiro atoms. The van der Waals surface area contributed by atoms with E-state index < -0.39 is 45.5 Å². The highest BCUT2D eigenvalue weighted by Crippen LogP contribution is 2.32. The molecule has 3 rings (SSSR count). The molecular weight excluding hydrogens is 444 g/mol. The third-order valence-corrected chi connectivity index (χ3v) is 6.14. The second kappa shape index (κ2) is 8.34. The number of pyridine rings is 1. The second-order valence-electron chi connectivity index (χ2n) is 8.51. The zero-order valence-corrected chi connectivity index (χ0v) is 18.8. The molecule has 0 bridgehead atoms. The van der Waals surface area contributed by atoms with Gasteiger partial charge in [0, 0.05) is 37.7 Å². The molecule has 1 amide bonds. The monoisotopic (exact) mass is 467 g/mol. The lowest BCUT2D eigenvalue weighted by Crippen LogP contribution is -2.36. The van der Waals surface area contributed by atoms with Gasteiger partial charge in [0.2, 0.25) is 5.95 Å². The Hall–Kier alpha value is -3.28. The molecule has 0 aromatic carbocycles. The minimum atomic E-state index is -4.37. The van der Waals surface area contributed by atoms with E-state index in [4.69, 9.17) is 0 Å². The summed E-state index contributed by atoms with van der Waals surface area (Å²) in [6, 6.07) is 2.54. The van der Waals surface area contributed by atoms with E-state index in [0.29, 0.717) is 3.97 Å². The van der Waals surface area contributed by atoms with Crippen LogP contribution in [-0.2, 0) is 23.6 Å². The minimum absolute atomic E-state index is 0.0683. The zero-order valence-electron chi connectivity index (χ0n) is 18.0. The number of aromatic nitrogens is 4. The van der Waals surface area contributed by atoms with Gasteiger partial charge in [-0.15, -0.1) is 0 Å². The summed E-state index contributed by atoms with van der Waals surface area (Å²) in [6.45, 7) is 5.08. The van der Waals surface area contributed by atoms with Crippen LogP contribution in [0.25, 0.3) is 11.3 Å². The van der Waals surface area contributed by atoms with Crippen LogP contribution in [0.3, 0.4) is 0 Å². The Labute approximate surface area is 184 Å². The van der Waals surface area contributed by atoms with Gasteiger partial charge < -0.3 is 10.0 Å². The van der Waals surface area contributed by atoms with E-state index in [9.17, 15) is 22.7 Å². The predicted octanol–water partition coefficient (Wildman–Crippen LogP) is 3.32. The van der Waals surface area contributed by atoms with Crippen molar-refractivity contribution in [2.24, 2.45) is 12.5 Å². The van der Waals surface area contributed by atoms with E-state index in [2.05, 4.69) is 10.1 Å². The first-order valence-electron chi connectivity index (χ1n) is 9.54. The Kier molecular flexibility index (Phi) is 6.09. The van der Waals surface area contributed by atoms with Crippen molar-refractivity contribution in [1.82, 2.24) is 23.6 Å². The number of aryl methyl sites for hydroxylation is 1. The molecule has 3 aromatic rings. The normalized spacial score (nSPS) is 12.2. The molecule has 0 saturated heterocycles. The Bertz CT molecular complexity index is 1260. The van der Waals surface area contributed by atoms with Crippen molar-refractivity contribution in [3.05, 3.63) is 54.2 Å². The van der Waals surface area contributed by atoms with Crippen LogP contribution in [-0.4, -0.2) is 49.8 Å². The van der Waals surface area contributed by atoms with Crippen LogP contribution in [0.15, 0.2) is 41.8 Å². The zero-order chi connectivity index (χ0) is 23.8. The fourth-order valence-electron chi connectivity index (χ4n) is 3.23. The average molecular weight is 467 g/mol. The molecule has 0 atom stereocenters. The number of carbonyl (C=O) groups is 1. The molecule has 0 aliphatic carbocycles. The molecule has 12 heteroatoms. The van der Waals surface area contributed by atoms with Crippen LogP contribution >= 0.6 is 0 Å². The smallest absolute Gasteiger partial charge is 0.407 e. The molecule has 32 heavy (non-hydrogen) atoms. The van der Waals surface area contributed by atoms with E-state index in [-0.39, 0.29) is 22.6 Å². The average Bonchev–Trinajstić information content (AvgIpc) is 3.25. The molecule has 3 heterocycles. The molecule has 0 unspecified atom stereocenters. The largest absolute Gasteiger partial charge is 0.465 e. The fraction of sp³-hybridized carbons (Fsp3) is 0.350. The maximum atomic E-state index is 15.5. The Morgan fingerprint density at radius 3 is 2.47 bits per heavy atom. The van der Waals surface area contributed by atoms with Crippen LogP contribution in [0.5, 0.6) is 0 Å². The second-order valence-corrected chi connectivity index (χ2v) is 10.3. The summed E-state index contributed by atoms with van der Waals surface area (Å²) < 4.78 is 58.3. The van der Waals surface area contributed by atoms with E-state index in [0.717, 1.165) is 23.5 Å². The summed E-state index contributed by atoms with van der Waals surface area (Å²) in [6.07, 6.45) is 3.13. The summed E-state index contributed by atoms with van der Waals surface area (Å²) >= 11 is 0. The lowest BCUT2D eigenvalue weighted by Gasteiger charge is -2.27. The first kappa shape index (κ1) is 23.4. The fourth-order valence-corrected chi connectivity index (χ4v) is 4.60. The third kappa shape index (κ3) is 4.64. The number of nitrogens with zero attached hydrogens (tertiary/aromatic N) is 5. The van der Waals surface area contributed by atoms with Gasteiger partial charge in [0.1, 0.15) is 10.6 Å². The summed E-state index contributed by atoms with van der Waals surface area (Å²) in [7, 11) is -2.86. The van der Waals surface area contributed by atoms with Crippen LogP contribution in [0.1, 0.15) is 26.3 Å². The Morgan fingerprint density at radius 2 is 1.94 bits per heavy atom. The van der Waals surface area contributed by atoms with Gasteiger partial charge in [-0.05, 0) is 17.5 Å². The van der Waals surface area contributed by atoms with Gasteiger partial charge in [0.15, 0.2) is 5.82 Å². The van der Waals surface area contributed by atoms with Crippen molar-refractivity contribution in [1.29, 1.82) is 0 Å². The highest BCUT2D eigenvalue weighted by Gasteiger charge is 2.31. The first-order valence-corrected chi connectivity index (χ1v) is 11.0. The Balaban J connectivity index is 2.21. The van der Waals surface area contributed by atoms with Crippen molar-refractivity contribution in [2.45, 2.75) is 32.2 Å². The number of carboxylic acid groups (broad SMARTS) is 1. The lowest BCUT2D eigenvalue weighted by atomic mass is 9.96. The number of halogens is 2. The molecule has 0 aliphatic heterocycles. The molecule has 0 fully saturated rings. The quantitative estimate of drug-likeness (QED) is 0.557. The lowest BCUT2D eigenvalue weighted by molar-refractivity contribution is 0.122. The number of hydrogen-bond donors (Lipinski definition) is 1. The van der Waals surface area contributed by atoms with Gasteiger partial charge in [0.25, 0.3) is 10.0 Å². The van der Waals surface area contributed by atoms with Gasteiger partial charge in [-0.2, -0.15) is 9.49 Å². The summed E-state index contributed by atoms with van der Waals surface area (Å²) in [5.74, 6) is -2.12.